The predicted molar refractivity (Wildman–Crippen MR) is 76.5 cm³/mol. The van der Waals surface area contributed by atoms with E-state index in [9.17, 15) is 0 Å². The number of benzene rings is 1. The number of hydrogen-bond donors (Lipinski definition) is 0. The van der Waals surface area contributed by atoms with Crippen LogP contribution in [-0.4, -0.2) is 51.3 Å². The lowest BCUT2D eigenvalue weighted by atomic mass is 10.2. The van der Waals surface area contributed by atoms with E-state index in [1.165, 1.54) is 11.3 Å². The maximum Gasteiger partial charge on any atom is 0.504 e. The van der Waals surface area contributed by atoms with Crippen LogP contribution < -0.4 is 4.48 Å². The lowest BCUT2D eigenvalue weighted by Crippen LogP contribution is -2.45. The van der Waals surface area contributed by atoms with Crippen molar-refractivity contribution >= 4 is 14.5 Å². The van der Waals surface area contributed by atoms with Crippen LogP contribution in [0.15, 0.2) is 24.3 Å². The van der Waals surface area contributed by atoms with Crippen LogP contribution in [0.3, 0.4) is 0 Å². The zero-order valence-electron chi connectivity index (χ0n) is 12.2. The Bertz CT molecular complexity index is 378. The highest BCUT2D eigenvalue weighted by molar-refractivity contribution is 6.60. The third kappa shape index (κ3) is 3.63. The van der Waals surface area contributed by atoms with E-state index in [1.807, 2.05) is 0 Å². The van der Waals surface area contributed by atoms with Crippen molar-refractivity contribution in [1.82, 2.24) is 4.48 Å². The summed E-state index contributed by atoms with van der Waals surface area (Å²) in [5, 5.41) is 0. The second kappa shape index (κ2) is 5.95. The Labute approximate surface area is 111 Å². The predicted octanol–water partition coefficient (Wildman–Crippen LogP) is 1.84. The summed E-state index contributed by atoms with van der Waals surface area (Å²) < 4.78 is 17.2. The summed E-state index contributed by atoms with van der Waals surface area (Å²) in [5.74, 6) is 0. The minimum Gasteiger partial charge on any atom is -0.377 e. The lowest BCUT2D eigenvalue weighted by molar-refractivity contribution is 0.122. The molecule has 0 bridgehead atoms. The standard InChI is InChI=1S/C13H24NO3Si/c1-14(2,3)13-9-7-8-12(10-13)11-18(15-4,16-5)17-6/h7-10H,11H2,1-6H3/q+1. The van der Waals surface area contributed by atoms with E-state index in [2.05, 4.69) is 45.4 Å². The summed E-state index contributed by atoms with van der Waals surface area (Å²) >= 11 is 0. The number of hydrogen-bond acceptors (Lipinski definition) is 3. The van der Waals surface area contributed by atoms with Crippen molar-refractivity contribution in [3.63, 3.8) is 0 Å². The lowest BCUT2D eigenvalue weighted by Gasteiger charge is -2.26. The first-order valence-corrected chi connectivity index (χ1v) is 7.86. The smallest absolute Gasteiger partial charge is 0.377 e. The number of nitrogens with zero attached hydrogens (tertiary/aromatic N) is 1. The molecule has 0 saturated heterocycles. The van der Waals surface area contributed by atoms with Gasteiger partial charge in [0.2, 0.25) is 0 Å². The van der Waals surface area contributed by atoms with Crippen LogP contribution >= 0.6 is 0 Å². The van der Waals surface area contributed by atoms with E-state index >= 15 is 0 Å². The van der Waals surface area contributed by atoms with Crippen molar-refractivity contribution in [1.29, 1.82) is 0 Å². The van der Waals surface area contributed by atoms with E-state index < -0.39 is 8.80 Å². The molecular weight excluding hydrogens is 246 g/mol. The Morgan fingerprint density at radius 2 is 1.56 bits per heavy atom. The van der Waals surface area contributed by atoms with E-state index in [1.54, 1.807) is 21.3 Å². The fraction of sp³-hybridized carbons (Fsp3) is 0.538. The molecule has 0 aliphatic rings. The van der Waals surface area contributed by atoms with Gasteiger partial charge in [-0.2, -0.15) is 0 Å². The van der Waals surface area contributed by atoms with Crippen LogP contribution in [0.1, 0.15) is 5.56 Å². The van der Waals surface area contributed by atoms with Gasteiger partial charge >= 0.3 is 8.80 Å². The highest BCUT2D eigenvalue weighted by atomic mass is 28.4. The summed E-state index contributed by atoms with van der Waals surface area (Å²) in [6.07, 6.45) is 0. The molecule has 4 nitrogen and oxygen atoms in total. The van der Waals surface area contributed by atoms with Crippen molar-refractivity contribution < 1.29 is 13.3 Å². The molecule has 0 spiro atoms. The van der Waals surface area contributed by atoms with Gasteiger partial charge < -0.3 is 13.3 Å². The zero-order chi connectivity index (χ0) is 13.8. The Balaban J connectivity index is 2.98. The van der Waals surface area contributed by atoms with Crippen LogP contribution in [0.2, 0.25) is 0 Å². The van der Waals surface area contributed by atoms with Crippen molar-refractivity contribution in [2.75, 3.05) is 42.5 Å². The molecular formula is C13H24NO3Si+. The molecule has 0 saturated carbocycles. The fourth-order valence-electron chi connectivity index (χ4n) is 1.80. The Morgan fingerprint density at radius 3 is 2.00 bits per heavy atom. The summed E-state index contributed by atoms with van der Waals surface area (Å²) in [4.78, 5) is 0. The molecule has 0 N–H and O–H groups in total. The molecule has 0 amide bonds. The summed E-state index contributed by atoms with van der Waals surface area (Å²) in [7, 11) is 8.81. The number of rotatable bonds is 6. The van der Waals surface area contributed by atoms with Gasteiger partial charge in [-0.05, 0) is 11.6 Å². The van der Waals surface area contributed by atoms with Crippen molar-refractivity contribution in [3.05, 3.63) is 29.8 Å². The quantitative estimate of drug-likeness (QED) is 0.583. The van der Waals surface area contributed by atoms with Gasteiger partial charge in [0.15, 0.2) is 0 Å². The van der Waals surface area contributed by atoms with Crippen molar-refractivity contribution in [3.8, 4) is 0 Å². The molecule has 18 heavy (non-hydrogen) atoms. The van der Waals surface area contributed by atoms with Gasteiger partial charge in [0.25, 0.3) is 0 Å². The first kappa shape index (κ1) is 15.3. The molecule has 0 aromatic heterocycles. The molecule has 0 fully saturated rings. The highest BCUT2D eigenvalue weighted by Gasteiger charge is 2.38. The van der Waals surface area contributed by atoms with Crippen LogP contribution in [-0.2, 0) is 19.3 Å². The average molecular weight is 270 g/mol. The molecule has 5 heteroatoms. The SMILES string of the molecule is CO[Si](Cc1cccc([N+](C)(C)C)c1)(OC)OC. The van der Waals surface area contributed by atoms with Gasteiger partial charge in [-0.15, -0.1) is 0 Å². The van der Waals surface area contributed by atoms with Gasteiger partial charge in [0, 0.05) is 33.4 Å². The first-order valence-electron chi connectivity index (χ1n) is 5.93. The molecule has 1 aromatic rings. The van der Waals surface area contributed by atoms with Crippen LogP contribution in [0.4, 0.5) is 5.69 Å². The van der Waals surface area contributed by atoms with E-state index in [4.69, 9.17) is 13.3 Å². The first-order chi connectivity index (χ1) is 8.37. The van der Waals surface area contributed by atoms with E-state index in [0.717, 1.165) is 4.48 Å². The van der Waals surface area contributed by atoms with Crippen molar-refractivity contribution in [2.24, 2.45) is 0 Å². The molecule has 1 rings (SSSR count). The molecule has 1 aromatic carbocycles. The van der Waals surface area contributed by atoms with Crippen LogP contribution in [0.5, 0.6) is 0 Å². The molecule has 0 unspecified atom stereocenters. The summed E-state index contributed by atoms with van der Waals surface area (Å²) in [6, 6.07) is 9.13. The van der Waals surface area contributed by atoms with Gasteiger partial charge in [0.1, 0.15) is 5.69 Å². The van der Waals surface area contributed by atoms with E-state index in [-0.39, 0.29) is 0 Å². The Hall–Kier alpha value is -0.723. The zero-order valence-corrected chi connectivity index (χ0v) is 13.2. The van der Waals surface area contributed by atoms with Gasteiger partial charge in [0.05, 0.1) is 21.1 Å². The van der Waals surface area contributed by atoms with E-state index in [0.29, 0.717) is 6.04 Å². The van der Waals surface area contributed by atoms with Gasteiger partial charge in [-0.25, -0.2) is 0 Å². The molecule has 0 aliphatic carbocycles. The summed E-state index contributed by atoms with van der Waals surface area (Å²) in [5.41, 5.74) is 2.43. The number of quaternary nitrogens is 1. The second-order valence-electron chi connectivity index (χ2n) is 5.15. The van der Waals surface area contributed by atoms with Gasteiger partial charge in [-0.3, -0.25) is 4.48 Å². The minimum atomic E-state index is -2.55. The maximum absolute atomic E-state index is 5.46. The topological polar surface area (TPSA) is 27.7 Å². The largest absolute Gasteiger partial charge is 0.504 e. The third-order valence-corrected chi connectivity index (χ3v) is 5.75. The summed E-state index contributed by atoms with van der Waals surface area (Å²) in [6.45, 7) is 0. The minimum absolute atomic E-state index is 0.685. The Kier molecular flexibility index (Phi) is 5.07. The molecule has 0 radical (unpaired) electrons. The second-order valence-corrected chi connectivity index (χ2v) is 8.10. The van der Waals surface area contributed by atoms with Crippen molar-refractivity contribution in [2.45, 2.75) is 6.04 Å². The van der Waals surface area contributed by atoms with Crippen LogP contribution in [0, 0.1) is 0 Å². The average Bonchev–Trinajstić information content (AvgIpc) is 2.35. The molecule has 0 atom stereocenters. The van der Waals surface area contributed by atoms with Crippen LogP contribution in [0.25, 0.3) is 0 Å². The molecule has 0 aliphatic heterocycles. The highest BCUT2D eigenvalue weighted by Crippen LogP contribution is 2.21. The molecule has 0 heterocycles. The monoisotopic (exact) mass is 270 g/mol. The molecule has 102 valence electrons. The third-order valence-electron chi connectivity index (χ3n) is 3.04. The normalized spacial score (nSPS) is 12.8. The fourth-order valence-corrected chi connectivity index (χ4v) is 3.45. The Morgan fingerprint density at radius 1 is 1.00 bits per heavy atom. The maximum atomic E-state index is 5.46. The van der Waals surface area contributed by atoms with Gasteiger partial charge in [-0.1, -0.05) is 12.1 Å².